The summed E-state index contributed by atoms with van der Waals surface area (Å²) in [4.78, 5) is 38.0. The molecule has 0 radical (unpaired) electrons. The molecule has 0 bridgehead atoms. The molecule has 7 nitrogen and oxygen atoms in total. The summed E-state index contributed by atoms with van der Waals surface area (Å²) >= 11 is 0. The van der Waals surface area contributed by atoms with Crippen LogP contribution in [-0.2, 0) is 22.4 Å². The van der Waals surface area contributed by atoms with Gasteiger partial charge >= 0.3 is 5.97 Å². The maximum Gasteiger partial charge on any atom is 0.326 e. The Balaban J connectivity index is 1.29. The molecular weight excluding hydrogens is 540 g/mol. The lowest BCUT2D eigenvalue weighted by Gasteiger charge is -2.18. The Kier molecular flexibility index (Phi) is 11.5. The maximum atomic E-state index is 13.1. The average molecular weight is 579 g/mol. The normalized spacial score (nSPS) is 12.1. The van der Waals surface area contributed by atoms with E-state index in [4.69, 9.17) is 4.74 Å². The number of para-hydroxylation sites is 1. The van der Waals surface area contributed by atoms with E-state index in [-0.39, 0.29) is 24.0 Å². The van der Waals surface area contributed by atoms with Gasteiger partial charge < -0.3 is 20.5 Å². The fourth-order valence-corrected chi connectivity index (χ4v) is 4.96. The highest BCUT2D eigenvalue weighted by Gasteiger charge is 2.22. The number of anilines is 1. The molecular formula is C36H38N2O5. The molecule has 0 saturated carbocycles. The molecule has 2 unspecified atom stereocenters. The van der Waals surface area contributed by atoms with Crippen molar-refractivity contribution in [2.75, 3.05) is 18.5 Å². The highest BCUT2D eigenvalue weighted by molar-refractivity contribution is 6.12. The molecule has 0 aliphatic heterocycles. The smallest absolute Gasteiger partial charge is 0.326 e. The maximum absolute atomic E-state index is 13.1. The van der Waals surface area contributed by atoms with Crippen molar-refractivity contribution in [3.63, 3.8) is 0 Å². The van der Waals surface area contributed by atoms with Gasteiger partial charge in [0.25, 0.3) is 0 Å². The topological polar surface area (TPSA) is 105 Å². The number of carboxylic acid groups (broad SMARTS) is 1. The van der Waals surface area contributed by atoms with Gasteiger partial charge in [-0.15, -0.1) is 0 Å². The minimum Gasteiger partial charge on any atom is -0.492 e. The van der Waals surface area contributed by atoms with Crippen molar-refractivity contribution in [3.05, 3.63) is 131 Å². The first-order valence-corrected chi connectivity index (χ1v) is 14.7. The molecule has 0 aromatic heterocycles. The lowest BCUT2D eigenvalue weighted by Crippen LogP contribution is -2.34. The van der Waals surface area contributed by atoms with Crippen molar-refractivity contribution in [2.24, 2.45) is 5.92 Å². The van der Waals surface area contributed by atoms with Crippen molar-refractivity contribution in [2.45, 2.75) is 38.6 Å². The number of nitrogens with one attached hydrogen (secondary N) is 2. The van der Waals surface area contributed by atoms with E-state index in [1.54, 1.807) is 60.7 Å². The third-order valence-corrected chi connectivity index (χ3v) is 7.20. The van der Waals surface area contributed by atoms with Crippen LogP contribution in [0.1, 0.15) is 46.8 Å². The van der Waals surface area contributed by atoms with Crippen LogP contribution >= 0.6 is 0 Å². The third-order valence-electron chi connectivity index (χ3n) is 7.20. The largest absolute Gasteiger partial charge is 0.492 e. The first-order valence-electron chi connectivity index (χ1n) is 14.7. The van der Waals surface area contributed by atoms with E-state index in [1.165, 1.54) is 0 Å². The van der Waals surface area contributed by atoms with E-state index < -0.39 is 12.0 Å². The highest BCUT2D eigenvalue weighted by atomic mass is 16.5. The molecule has 0 spiro atoms. The molecule has 0 saturated heterocycles. The summed E-state index contributed by atoms with van der Waals surface area (Å²) < 4.78 is 5.82. The Hall–Kier alpha value is -4.91. The molecule has 0 aliphatic rings. The zero-order valence-electron chi connectivity index (χ0n) is 24.4. The predicted octanol–water partition coefficient (Wildman–Crippen LogP) is 6.18. The molecule has 4 rings (SSSR count). The summed E-state index contributed by atoms with van der Waals surface area (Å²) in [5.74, 6) is -0.616. The summed E-state index contributed by atoms with van der Waals surface area (Å²) in [6, 6.07) is 32.2. The first-order chi connectivity index (χ1) is 20.9. The summed E-state index contributed by atoms with van der Waals surface area (Å²) in [5, 5.41) is 16.0. The van der Waals surface area contributed by atoms with Gasteiger partial charge in [0.2, 0.25) is 5.91 Å². The first kappa shape index (κ1) is 31.0. The monoisotopic (exact) mass is 578 g/mol. The van der Waals surface area contributed by atoms with Crippen LogP contribution in [0.4, 0.5) is 5.69 Å². The zero-order chi connectivity index (χ0) is 30.4. The Labute approximate surface area is 252 Å². The van der Waals surface area contributed by atoms with Crippen LogP contribution in [0, 0.1) is 5.92 Å². The van der Waals surface area contributed by atoms with E-state index in [9.17, 15) is 19.5 Å². The van der Waals surface area contributed by atoms with Crippen LogP contribution < -0.4 is 15.4 Å². The number of carboxylic acids is 1. The van der Waals surface area contributed by atoms with Crippen LogP contribution in [0.25, 0.3) is 0 Å². The Morgan fingerprint density at radius 3 is 2.07 bits per heavy atom. The van der Waals surface area contributed by atoms with Crippen molar-refractivity contribution in [1.29, 1.82) is 0 Å². The second kappa shape index (κ2) is 15.9. The molecule has 1 amide bonds. The number of ketones is 1. The van der Waals surface area contributed by atoms with E-state index in [0.29, 0.717) is 42.1 Å². The summed E-state index contributed by atoms with van der Waals surface area (Å²) in [6.07, 6.45) is 2.68. The molecule has 7 heteroatoms. The quantitative estimate of drug-likeness (QED) is 0.108. The lowest BCUT2D eigenvalue weighted by molar-refractivity contribution is -0.137. The number of amides is 1. The van der Waals surface area contributed by atoms with Gasteiger partial charge in [-0.05, 0) is 48.2 Å². The molecule has 43 heavy (non-hydrogen) atoms. The molecule has 2 atom stereocenters. The highest BCUT2D eigenvalue weighted by Crippen LogP contribution is 2.22. The number of rotatable bonds is 16. The Morgan fingerprint density at radius 2 is 1.40 bits per heavy atom. The fourth-order valence-electron chi connectivity index (χ4n) is 4.96. The van der Waals surface area contributed by atoms with Gasteiger partial charge in [-0.3, -0.25) is 9.59 Å². The molecule has 4 aromatic carbocycles. The van der Waals surface area contributed by atoms with E-state index in [2.05, 4.69) is 17.6 Å². The summed E-state index contributed by atoms with van der Waals surface area (Å²) in [7, 11) is 0. The minimum absolute atomic E-state index is 0.0314. The average Bonchev–Trinajstić information content (AvgIpc) is 3.04. The fraction of sp³-hybridized carbons (Fsp3) is 0.250. The zero-order valence-corrected chi connectivity index (χ0v) is 24.4. The van der Waals surface area contributed by atoms with Gasteiger partial charge in [0.15, 0.2) is 5.78 Å². The van der Waals surface area contributed by atoms with Crippen LogP contribution in [0.5, 0.6) is 5.75 Å². The number of hydrogen-bond donors (Lipinski definition) is 3. The van der Waals surface area contributed by atoms with E-state index >= 15 is 0 Å². The van der Waals surface area contributed by atoms with Crippen LogP contribution in [0.3, 0.4) is 0 Å². The van der Waals surface area contributed by atoms with Crippen molar-refractivity contribution in [3.8, 4) is 5.75 Å². The van der Waals surface area contributed by atoms with Gasteiger partial charge in [-0.2, -0.15) is 0 Å². The standard InChI is InChI=1S/C36H38N2O5/c1-2-11-29(24-26-12-5-3-6-13-26)35(40)37-22-23-43-30-20-18-27(19-21-30)25-33(36(41)42)38-32-17-10-9-16-31(32)34(39)28-14-7-4-8-15-28/h3-10,12-21,29,33,38H,2,11,22-25H2,1H3,(H,37,40)(H,41,42). The molecule has 0 heterocycles. The minimum atomic E-state index is -1.02. The van der Waals surface area contributed by atoms with Crippen LogP contribution in [-0.4, -0.2) is 42.0 Å². The SMILES string of the molecule is CCCC(Cc1ccccc1)C(=O)NCCOc1ccc(CC(Nc2ccccc2C(=O)c2ccccc2)C(=O)O)cc1. The third kappa shape index (κ3) is 9.30. The molecule has 4 aromatic rings. The van der Waals surface area contributed by atoms with Crippen molar-refractivity contribution in [1.82, 2.24) is 5.32 Å². The Morgan fingerprint density at radius 1 is 0.767 bits per heavy atom. The lowest BCUT2D eigenvalue weighted by atomic mass is 9.94. The molecule has 0 aliphatic carbocycles. The van der Waals surface area contributed by atoms with Gasteiger partial charge in [-0.25, -0.2) is 4.79 Å². The van der Waals surface area contributed by atoms with Gasteiger partial charge in [0.1, 0.15) is 18.4 Å². The summed E-state index contributed by atoms with van der Waals surface area (Å²) in [6.45, 7) is 2.79. The molecule has 3 N–H and O–H groups in total. The predicted molar refractivity (Wildman–Crippen MR) is 169 cm³/mol. The van der Waals surface area contributed by atoms with E-state index in [0.717, 1.165) is 24.0 Å². The van der Waals surface area contributed by atoms with Gasteiger partial charge in [0.05, 0.1) is 6.54 Å². The summed E-state index contributed by atoms with van der Waals surface area (Å²) in [5.41, 5.74) is 3.37. The number of benzene rings is 4. The van der Waals surface area contributed by atoms with Crippen LogP contribution in [0.15, 0.2) is 109 Å². The van der Waals surface area contributed by atoms with Gasteiger partial charge in [0, 0.05) is 29.2 Å². The van der Waals surface area contributed by atoms with Crippen molar-refractivity contribution >= 4 is 23.3 Å². The number of aliphatic carboxylic acids is 1. The number of carbonyl (C=O) groups is 3. The number of carbonyl (C=O) groups excluding carboxylic acids is 2. The van der Waals surface area contributed by atoms with Gasteiger partial charge in [-0.1, -0.05) is 98.3 Å². The second-order valence-electron chi connectivity index (χ2n) is 10.4. The molecule has 222 valence electrons. The Bertz CT molecular complexity index is 1470. The number of hydrogen-bond acceptors (Lipinski definition) is 5. The number of ether oxygens (including phenoxy) is 1. The van der Waals surface area contributed by atoms with E-state index in [1.807, 2.05) is 48.5 Å². The van der Waals surface area contributed by atoms with Crippen molar-refractivity contribution < 1.29 is 24.2 Å². The molecule has 0 fully saturated rings. The van der Waals surface area contributed by atoms with Crippen LogP contribution in [0.2, 0.25) is 0 Å². The second-order valence-corrected chi connectivity index (χ2v) is 10.4.